The van der Waals surface area contributed by atoms with Gasteiger partial charge in [-0.05, 0) is 39.0 Å². The minimum Gasteiger partial charge on any atom is -0.444 e. The second-order valence-electron chi connectivity index (χ2n) is 8.67. The second-order valence-corrected chi connectivity index (χ2v) is 10.5. The van der Waals surface area contributed by atoms with Crippen molar-refractivity contribution in [2.24, 2.45) is 0 Å². The van der Waals surface area contributed by atoms with E-state index in [4.69, 9.17) is 4.74 Å². The Morgan fingerprint density at radius 1 is 1.03 bits per heavy atom. The SMILES string of the molecule is C=CCc1c(CN(CC=C)C(=O)OC(C)(C)C)c2ccccc2n1S(=O)(=O)c1ccccc1. The molecule has 0 aliphatic heterocycles. The lowest BCUT2D eigenvalue weighted by Gasteiger charge is -2.27. The Kier molecular flexibility index (Phi) is 7.12. The van der Waals surface area contributed by atoms with Gasteiger partial charge in [-0.25, -0.2) is 17.2 Å². The second kappa shape index (κ2) is 9.67. The summed E-state index contributed by atoms with van der Waals surface area (Å²) in [5.74, 6) is 0. The van der Waals surface area contributed by atoms with E-state index in [9.17, 15) is 13.2 Å². The van der Waals surface area contributed by atoms with Crippen LogP contribution in [0.5, 0.6) is 0 Å². The lowest BCUT2D eigenvalue weighted by Crippen LogP contribution is -2.36. The van der Waals surface area contributed by atoms with Gasteiger partial charge in [0.25, 0.3) is 10.0 Å². The normalized spacial score (nSPS) is 11.8. The lowest BCUT2D eigenvalue weighted by atomic mass is 10.1. The van der Waals surface area contributed by atoms with Gasteiger partial charge < -0.3 is 9.64 Å². The molecule has 1 amide bonds. The zero-order valence-corrected chi connectivity index (χ0v) is 20.1. The maximum Gasteiger partial charge on any atom is 0.410 e. The molecule has 0 atom stereocenters. The van der Waals surface area contributed by atoms with Gasteiger partial charge in [0, 0.05) is 29.6 Å². The summed E-state index contributed by atoms with van der Waals surface area (Å²) >= 11 is 0. The van der Waals surface area contributed by atoms with Crippen LogP contribution >= 0.6 is 0 Å². The first-order valence-corrected chi connectivity index (χ1v) is 12.2. The van der Waals surface area contributed by atoms with Gasteiger partial charge in [0.05, 0.1) is 17.0 Å². The molecule has 0 saturated heterocycles. The number of amides is 1. The van der Waals surface area contributed by atoms with Crippen molar-refractivity contribution in [3.05, 3.63) is 91.2 Å². The van der Waals surface area contributed by atoms with E-state index in [1.165, 1.54) is 8.87 Å². The fourth-order valence-electron chi connectivity index (χ4n) is 3.70. The summed E-state index contributed by atoms with van der Waals surface area (Å²) < 4.78 is 34.3. The van der Waals surface area contributed by atoms with Crippen molar-refractivity contribution in [1.29, 1.82) is 0 Å². The molecule has 1 aromatic heterocycles. The summed E-state index contributed by atoms with van der Waals surface area (Å²) in [5, 5.41) is 0.756. The Labute approximate surface area is 195 Å². The van der Waals surface area contributed by atoms with Crippen molar-refractivity contribution in [2.75, 3.05) is 6.54 Å². The molecule has 0 fully saturated rings. The number of carbonyl (C=O) groups excluding carboxylic acids is 1. The van der Waals surface area contributed by atoms with Crippen LogP contribution in [0, 0.1) is 0 Å². The number of hydrogen-bond donors (Lipinski definition) is 0. The third kappa shape index (κ3) is 5.20. The minimum absolute atomic E-state index is 0.169. The highest BCUT2D eigenvalue weighted by atomic mass is 32.2. The molecular formula is C26H30N2O4S. The van der Waals surface area contributed by atoms with Gasteiger partial charge in [0.15, 0.2) is 0 Å². The molecule has 0 radical (unpaired) electrons. The topological polar surface area (TPSA) is 68.6 Å². The van der Waals surface area contributed by atoms with E-state index < -0.39 is 21.7 Å². The molecule has 0 unspecified atom stereocenters. The molecule has 174 valence electrons. The zero-order chi connectivity index (χ0) is 24.2. The van der Waals surface area contributed by atoms with Gasteiger partial charge in [0.2, 0.25) is 0 Å². The fourth-order valence-corrected chi connectivity index (χ4v) is 5.30. The predicted octanol–water partition coefficient (Wildman–Crippen LogP) is 5.53. The average molecular weight is 467 g/mol. The number of ether oxygens (including phenoxy) is 1. The van der Waals surface area contributed by atoms with Gasteiger partial charge in [0.1, 0.15) is 5.60 Å². The number of carbonyl (C=O) groups is 1. The third-order valence-electron chi connectivity index (χ3n) is 5.01. The number of nitrogens with zero attached hydrogens (tertiary/aromatic N) is 2. The molecule has 0 spiro atoms. The molecule has 0 aliphatic rings. The highest BCUT2D eigenvalue weighted by molar-refractivity contribution is 7.90. The molecule has 0 saturated carbocycles. The highest BCUT2D eigenvalue weighted by Gasteiger charge is 2.29. The highest BCUT2D eigenvalue weighted by Crippen LogP contribution is 2.32. The summed E-state index contributed by atoms with van der Waals surface area (Å²) in [5.41, 5.74) is 1.19. The first kappa shape index (κ1) is 24.3. The molecule has 3 rings (SSSR count). The van der Waals surface area contributed by atoms with Gasteiger partial charge in [-0.2, -0.15) is 0 Å². The summed E-state index contributed by atoms with van der Waals surface area (Å²) in [7, 11) is -3.88. The number of fused-ring (bicyclic) bond motifs is 1. The third-order valence-corrected chi connectivity index (χ3v) is 6.78. The number of para-hydroxylation sites is 1. The van der Waals surface area contributed by atoms with Crippen LogP contribution in [0.15, 0.2) is 84.8 Å². The average Bonchev–Trinajstić information content (AvgIpc) is 3.07. The van der Waals surface area contributed by atoms with E-state index in [-0.39, 0.29) is 18.0 Å². The van der Waals surface area contributed by atoms with Crippen molar-refractivity contribution in [3.8, 4) is 0 Å². The largest absolute Gasteiger partial charge is 0.444 e. The first-order chi connectivity index (χ1) is 15.6. The molecular weight excluding hydrogens is 436 g/mol. The molecule has 0 bridgehead atoms. The Morgan fingerprint density at radius 3 is 2.27 bits per heavy atom. The number of rotatable bonds is 8. The molecule has 3 aromatic rings. The van der Waals surface area contributed by atoms with Crippen LogP contribution in [0.2, 0.25) is 0 Å². The number of allylic oxidation sites excluding steroid dienone is 1. The number of aromatic nitrogens is 1. The molecule has 0 aliphatic carbocycles. The lowest BCUT2D eigenvalue weighted by molar-refractivity contribution is 0.0257. The standard InChI is InChI=1S/C26H30N2O4S/c1-6-13-23-22(19-27(18-7-2)25(29)32-26(3,4)5)21-16-11-12-17-24(21)28(23)33(30,31)20-14-9-8-10-15-20/h6-12,14-17H,1-2,13,18-19H2,3-5H3. The molecule has 0 N–H and O–H groups in total. The van der Waals surface area contributed by atoms with Crippen molar-refractivity contribution in [2.45, 2.75) is 44.2 Å². The van der Waals surface area contributed by atoms with E-state index in [1.54, 1.807) is 75.4 Å². The van der Waals surface area contributed by atoms with E-state index >= 15 is 0 Å². The van der Waals surface area contributed by atoms with Crippen molar-refractivity contribution < 1.29 is 17.9 Å². The van der Waals surface area contributed by atoms with Crippen LogP contribution in [-0.2, 0) is 27.7 Å². The Hall–Kier alpha value is -3.32. The monoisotopic (exact) mass is 466 g/mol. The maximum atomic E-state index is 13.7. The summed E-state index contributed by atoms with van der Waals surface area (Å²) in [6.45, 7) is 13.4. The molecule has 6 nitrogen and oxygen atoms in total. The van der Waals surface area contributed by atoms with Crippen molar-refractivity contribution in [3.63, 3.8) is 0 Å². The maximum absolute atomic E-state index is 13.7. The van der Waals surface area contributed by atoms with E-state index in [2.05, 4.69) is 13.2 Å². The Morgan fingerprint density at radius 2 is 1.67 bits per heavy atom. The van der Waals surface area contributed by atoms with Gasteiger partial charge in [-0.1, -0.05) is 48.6 Å². The summed E-state index contributed by atoms with van der Waals surface area (Å²) in [6, 6.07) is 15.6. The zero-order valence-electron chi connectivity index (χ0n) is 19.3. The first-order valence-electron chi connectivity index (χ1n) is 10.7. The quantitative estimate of drug-likeness (QED) is 0.409. The summed E-state index contributed by atoms with van der Waals surface area (Å²) in [4.78, 5) is 14.6. The minimum atomic E-state index is -3.88. The predicted molar refractivity (Wildman–Crippen MR) is 132 cm³/mol. The molecule has 33 heavy (non-hydrogen) atoms. The van der Waals surface area contributed by atoms with Crippen LogP contribution in [0.3, 0.4) is 0 Å². The van der Waals surface area contributed by atoms with Crippen LogP contribution in [0.25, 0.3) is 10.9 Å². The van der Waals surface area contributed by atoms with Gasteiger partial charge in [-0.3, -0.25) is 0 Å². The molecule has 2 aromatic carbocycles. The smallest absolute Gasteiger partial charge is 0.410 e. The van der Waals surface area contributed by atoms with Crippen LogP contribution in [0.1, 0.15) is 32.0 Å². The fraction of sp³-hybridized carbons (Fsp3) is 0.269. The Balaban J connectivity index is 2.22. The van der Waals surface area contributed by atoms with Crippen molar-refractivity contribution >= 4 is 27.0 Å². The summed E-state index contributed by atoms with van der Waals surface area (Å²) in [6.07, 6.45) is 3.11. The van der Waals surface area contributed by atoms with E-state index in [0.29, 0.717) is 17.6 Å². The molecule has 1 heterocycles. The Bertz CT molecular complexity index is 1270. The van der Waals surface area contributed by atoms with Crippen LogP contribution in [0.4, 0.5) is 4.79 Å². The number of hydrogen-bond acceptors (Lipinski definition) is 4. The number of benzene rings is 2. The van der Waals surface area contributed by atoms with E-state index in [0.717, 1.165) is 10.9 Å². The van der Waals surface area contributed by atoms with Crippen LogP contribution in [-0.4, -0.2) is 35.5 Å². The molecule has 7 heteroatoms. The van der Waals surface area contributed by atoms with Gasteiger partial charge >= 0.3 is 6.09 Å². The van der Waals surface area contributed by atoms with Crippen molar-refractivity contribution in [1.82, 2.24) is 8.87 Å². The van der Waals surface area contributed by atoms with Crippen LogP contribution < -0.4 is 0 Å². The van der Waals surface area contributed by atoms with E-state index in [1.807, 2.05) is 12.1 Å². The van der Waals surface area contributed by atoms with Gasteiger partial charge in [-0.15, -0.1) is 13.2 Å².